The van der Waals surface area contributed by atoms with Gasteiger partial charge in [0.15, 0.2) is 0 Å². The number of carbonyl (C=O) groups excluding carboxylic acids is 1. The molecule has 1 heterocycles. The average Bonchev–Trinajstić information content (AvgIpc) is 2.60. The second kappa shape index (κ2) is 7.54. The highest BCUT2D eigenvalue weighted by Gasteiger charge is 2.10. The Morgan fingerprint density at radius 3 is 2.73 bits per heavy atom. The summed E-state index contributed by atoms with van der Waals surface area (Å²) in [5, 5.41) is 3.30. The van der Waals surface area contributed by atoms with Gasteiger partial charge in [-0.3, -0.25) is 9.59 Å². The molecule has 0 saturated carbocycles. The first-order valence-corrected chi connectivity index (χ1v) is 8.32. The Hall–Kier alpha value is -2.92. The Kier molecular flexibility index (Phi) is 5.19. The van der Waals surface area contributed by atoms with Gasteiger partial charge in [0.25, 0.3) is 11.5 Å². The Balaban J connectivity index is 1.85. The summed E-state index contributed by atoms with van der Waals surface area (Å²) in [6.07, 6.45) is 1.46. The summed E-state index contributed by atoms with van der Waals surface area (Å²) in [4.78, 5) is 24.6. The number of rotatable bonds is 4. The van der Waals surface area contributed by atoms with Gasteiger partial charge in [0, 0.05) is 23.0 Å². The fraction of sp³-hybridized carbons (Fsp3) is 0.100. The zero-order chi connectivity index (χ0) is 18.7. The van der Waals surface area contributed by atoms with E-state index in [9.17, 15) is 14.0 Å². The number of hydrogen-bond donors (Lipinski definition) is 1. The van der Waals surface area contributed by atoms with Gasteiger partial charge < -0.3 is 9.88 Å². The average molecular weight is 371 g/mol. The van der Waals surface area contributed by atoms with Crippen LogP contribution in [-0.2, 0) is 6.54 Å². The van der Waals surface area contributed by atoms with Crippen LogP contribution in [0.1, 0.15) is 21.5 Å². The highest BCUT2D eigenvalue weighted by Crippen LogP contribution is 2.20. The minimum absolute atomic E-state index is 0.175. The molecule has 0 unspecified atom stereocenters. The van der Waals surface area contributed by atoms with Gasteiger partial charge in [-0.15, -0.1) is 0 Å². The molecule has 0 saturated heterocycles. The number of hydrogen-bond acceptors (Lipinski definition) is 2. The van der Waals surface area contributed by atoms with Gasteiger partial charge in [-0.2, -0.15) is 0 Å². The molecule has 0 atom stereocenters. The third kappa shape index (κ3) is 4.18. The molecule has 0 radical (unpaired) electrons. The number of aryl methyl sites for hydroxylation is 1. The van der Waals surface area contributed by atoms with Crippen molar-refractivity contribution >= 4 is 23.2 Å². The molecule has 0 aliphatic rings. The first kappa shape index (κ1) is 17.9. The Bertz CT molecular complexity index is 1030. The third-order valence-electron chi connectivity index (χ3n) is 3.94. The molecule has 132 valence electrons. The SMILES string of the molecule is Cc1ccc(Cl)cc1NC(=O)c1ccc(=O)n(Cc2cccc(F)c2)c1. The van der Waals surface area contributed by atoms with Crippen molar-refractivity contribution in [3.05, 3.63) is 98.7 Å². The predicted molar refractivity (Wildman–Crippen MR) is 100 cm³/mol. The maximum atomic E-state index is 13.3. The van der Waals surface area contributed by atoms with E-state index in [4.69, 9.17) is 11.6 Å². The van der Waals surface area contributed by atoms with Crippen LogP contribution in [0.15, 0.2) is 65.6 Å². The minimum atomic E-state index is -0.374. The predicted octanol–water partition coefficient (Wildman–Crippen LogP) is 4.25. The molecule has 1 N–H and O–H groups in total. The van der Waals surface area contributed by atoms with E-state index in [2.05, 4.69) is 5.32 Å². The number of nitrogens with one attached hydrogen (secondary N) is 1. The van der Waals surface area contributed by atoms with Gasteiger partial charge in [-0.25, -0.2) is 4.39 Å². The number of aromatic nitrogens is 1. The van der Waals surface area contributed by atoms with Gasteiger partial charge in [0.2, 0.25) is 0 Å². The second-order valence-electron chi connectivity index (χ2n) is 5.93. The summed E-state index contributed by atoms with van der Waals surface area (Å²) in [5.41, 5.74) is 2.15. The molecule has 3 aromatic rings. The first-order valence-electron chi connectivity index (χ1n) is 7.95. The molecule has 0 aliphatic carbocycles. The summed E-state index contributed by atoms with van der Waals surface area (Å²) >= 11 is 5.97. The van der Waals surface area contributed by atoms with E-state index in [1.54, 1.807) is 24.3 Å². The highest BCUT2D eigenvalue weighted by atomic mass is 35.5. The van der Waals surface area contributed by atoms with Gasteiger partial charge in [-0.05, 0) is 48.4 Å². The standard InChI is InChI=1S/C20H16ClFN2O2/c1-13-5-7-16(21)10-18(13)23-20(26)15-6-8-19(25)24(12-15)11-14-3-2-4-17(22)9-14/h2-10,12H,11H2,1H3,(H,23,26). The molecule has 1 amide bonds. The quantitative estimate of drug-likeness (QED) is 0.746. The van der Waals surface area contributed by atoms with Gasteiger partial charge in [-0.1, -0.05) is 29.8 Å². The normalized spacial score (nSPS) is 10.6. The molecule has 0 fully saturated rings. The number of amides is 1. The molecule has 3 rings (SSSR count). The fourth-order valence-corrected chi connectivity index (χ4v) is 2.72. The Morgan fingerprint density at radius 1 is 1.15 bits per heavy atom. The highest BCUT2D eigenvalue weighted by molar-refractivity contribution is 6.31. The molecule has 0 bridgehead atoms. The van der Waals surface area contributed by atoms with Crippen LogP contribution < -0.4 is 10.9 Å². The van der Waals surface area contributed by atoms with Crippen molar-refractivity contribution < 1.29 is 9.18 Å². The minimum Gasteiger partial charge on any atom is -0.322 e. The molecule has 2 aromatic carbocycles. The number of pyridine rings is 1. The van der Waals surface area contributed by atoms with Crippen molar-refractivity contribution in [1.29, 1.82) is 0 Å². The van der Waals surface area contributed by atoms with E-state index < -0.39 is 0 Å². The molecule has 0 aliphatic heterocycles. The van der Waals surface area contributed by atoms with E-state index in [0.29, 0.717) is 21.8 Å². The van der Waals surface area contributed by atoms with Crippen molar-refractivity contribution in [2.45, 2.75) is 13.5 Å². The maximum absolute atomic E-state index is 13.3. The van der Waals surface area contributed by atoms with Crippen LogP contribution in [0, 0.1) is 12.7 Å². The second-order valence-corrected chi connectivity index (χ2v) is 6.36. The van der Waals surface area contributed by atoms with Gasteiger partial charge in [0.05, 0.1) is 12.1 Å². The lowest BCUT2D eigenvalue weighted by molar-refractivity contribution is 0.102. The Morgan fingerprint density at radius 2 is 1.96 bits per heavy atom. The first-order chi connectivity index (χ1) is 12.4. The number of nitrogens with zero attached hydrogens (tertiary/aromatic N) is 1. The number of carbonyl (C=O) groups is 1. The van der Waals surface area contributed by atoms with Crippen LogP contribution >= 0.6 is 11.6 Å². The van der Waals surface area contributed by atoms with Crippen molar-refractivity contribution in [2.75, 3.05) is 5.32 Å². The summed E-state index contributed by atoms with van der Waals surface area (Å²) in [5.74, 6) is -0.732. The lowest BCUT2D eigenvalue weighted by Gasteiger charge is -2.11. The molecular formula is C20H16ClFN2O2. The number of halogens is 2. The zero-order valence-electron chi connectivity index (χ0n) is 14.0. The van der Waals surface area contributed by atoms with Crippen LogP contribution in [-0.4, -0.2) is 10.5 Å². The lowest BCUT2D eigenvalue weighted by atomic mass is 10.2. The maximum Gasteiger partial charge on any atom is 0.257 e. The lowest BCUT2D eigenvalue weighted by Crippen LogP contribution is -2.22. The summed E-state index contributed by atoms with van der Waals surface area (Å²) in [6.45, 7) is 2.03. The van der Waals surface area contributed by atoms with Crippen LogP contribution in [0.4, 0.5) is 10.1 Å². The van der Waals surface area contributed by atoms with Gasteiger partial charge in [0.1, 0.15) is 5.82 Å². The largest absolute Gasteiger partial charge is 0.322 e. The van der Waals surface area contributed by atoms with Crippen LogP contribution in [0.25, 0.3) is 0 Å². The van der Waals surface area contributed by atoms with E-state index in [1.165, 1.54) is 35.0 Å². The fourth-order valence-electron chi connectivity index (χ4n) is 2.54. The van der Waals surface area contributed by atoms with Crippen molar-refractivity contribution in [2.24, 2.45) is 0 Å². The summed E-state index contributed by atoms with van der Waals surface area (Å²) in [6, 6.07) is 14.0. The molecule has 0 spiro atoms. The van der Waals surface area contributed by atoms with Crippen LogP contribution in [0.3, 0.4) is 0 Å². The van der Waals surface area contributed by atoms with E-state index in [0.717, 1.165) is 5.56 Å². The van der Waals surface area contributed by atoms with Gasteiger partial charge >= 0.3 is 0 Å². The topological polar surface area (TPSA) is 51.1 Å². The van der Waals surface area contributed by atoms with Crippen molar-refractivity contribution in [3.8, 4) is 0 Å². The summed E-state index contributed by atoms with van der Waals surface area (Å²) < 4.78 is 14.7. The molecule has 4 nitrogen and oxygen atoms in total. The summed E-state index contributed by atoms with van der Waals surface area (Å²) in [7, 11) is 0. The smallest absolute Gasteiger partial charge is 0.257 e. The van der Waals surface area contributed by atoms with E-state index >= 15 is 0 Å². The van der Waals surface area contributed by atoms with E-state index in [-0.39, 0.29) is 23.8 Å². The number of anilines is 1. The molecular weight excluding hydrogens is 355 g/mol. The van der Waals surface area contributed by atoms with Crippen LogP contribution in [0.5, 0.6) is 0 Å². The Labute approximate surface area is 154 Å². The molecule has 26 heavy (non-hydrogen) atoms. The van der Waals surface area contributed by atoms with Crippen molar-refractivity contribution in [3.63, 3.8) is 0 Å². The van der Waals surface area contributed by atoms with Crippen molar-refractivity contribution in [1.82, 2.24) is 4.57 Å². The van der Waals surface area contributed by atoms with E-state index in [1.807, 2.05) is 13.0 Å². The molecule has 6 heteroatoms. The van der Waals surface area contributed by atoms with Crippen LogP contribution in [0.2, 0.25) is 5.02 Å². The number of benzene rings is 2. The molecule has 1 aromatic heterocycles. The zero-order valence-corrected chi connectivity index (χ0v) is 14.8. The third-order valence-corrected chi connectivity index (χ3v) is 4.17. The monoisotopic (exact) mass is 370 g/mol.